The van der Waals surface area contributed by atoms with E-state index in [9.17, 15) is 13.2 Å². The van der Waals surface area contributed by atoms with Crippen molar-refractivity contribution in [1.82, 2.24) is 4.98 Å². The van der Waals surface area contributed by atoms with E-state index in [1.54, 1.807) is 18.3 Å². The smallest absolute Gasteiger partial charge is 0.360 e. The molecule has 0 aliphatic carbocycles. The molecule has 0 atom stereocenters. The molecule has 0 aliphatic heterocycles. The number of hydrogen-bond acceptors (Lipinski definition) is 2. The molecule has 2 aromatic rings. The molecule has 94 valence electrons. The van der Waals surface area contributed by atoms with E-state index in [1.807, 2.05) is 0 Å². The van der Waals surface area contributed by atoms with Crippen molar-refractivity contribution in [3.8, 4) is 0 Å². The molecule has 0 unspecified atom stereocenters. The number of halogens is 3. The maximum Gasteiger partial charge on any atom is 0.416 e. The average molecular weight is 253 g/mol. The summed E-state index contributed by atoms with van der Waals surface area (Å²) in [6.45, 7) is 0. The Kier molecular flexibility index (Phi) is 3.36. The van der Waals surface area contributed by atoms with Crippen LogP contribution in [0.1, 0.15) is 11.3 Å². The normalized spacial score (nSPS) is 11.9. The van der Waals surface area contributed by atoms with Crippen LogP contribution in [0.3, 0.4) is 0 Å². The fourth-order valence-corrected chi connectivity index (χ4v) is 1.37. The first-order chi connectivity index (χ1) is 8.55. The second kappa shape index (κ2) is 4.95. The number of nitrogens with one attached hydrogen (secondary N) is 2. The lowest BCUT2D eigenvalue weighted by Gasteiger charge is -2.07. The number of benzene rings is 1. The summed E-state index contributed by atoms with van der Waals surface area (Å²) in [5.41, 5.74) is 2.88. The highest BCUT2D eigenvalue weighted by atomic mass is 19.4. The zero-order chi connectivity index (χ0) is 13.0. The third kappa shape index (κ3) is 3.13. The van der Waals surface area contributed by atoms with Gasteiger partial charge in [0, 0.05) is 6.20 Å². The van der Waals surface area contributed by atoms with E-state index in [2.05, 4.69) is 15.5 Å². The Hall–Kier alpha value is -2.24. The molecule has 0 saturated carbocycles. The minimum Gasteiger partial charge on any atom is -0.360 e. The van der Waals surface area contributed by atoms with E-state index in [-0.39, 0.29) is 5.69 Å². The van der Waals surface area contributed by atoms with Crippen molar-refractivity contribution in [1.29, 1.82) is 0 Å². The van der Waals surface area contributed by atoms with Gasteiger partial charge in [-0.1, -0.05) is 6.07 Å². The van der Waals surface area contributed by atoms with Crippen molar-refractivity contribution in [3.05, 3.63) is 53.9 Å². The number of nitrogens with zero attached hydrogens (tertiary/aromatic N) is 1. The minimum absolute atomic E-state index is 0.285. The Morgan fingerprint density at radius 2 is 2.00 bits per heavy atom. The summed E-state index contributed by atoms with van der Waals surface area (Å²) >= 11 is 0. The van der Waals surface area contributed by atoms with E-state index in [0.29, 0.717) is 0 Å². The predicted octanol–water partition coefficient (Wildman–Crippen LogP) is 3.48. The molecule has 1 aromatic carbocycles. The molecular weight excluding hydrogens is 243 g/mol. The Morgan fingerprint density at radius 3 is 2.67 bits per heavy atom. The first-order valence-electron chi connectivity index (χ1n) is 5.15. The Bertz CT molecular complexity index is 530. The molecule has 0 saturated heterocycles. The molecule has 1 aromatic heterocycles. The third-order valence-electron chi connectivity index (χ3n) is 2.21. The molecule has 6 heteroatoms. The number of hydrogen-bond donors (Lipinski definition) is 2. The maximum absolute atomic E-state index is 12.4. The number of hydrazone groups is 1. The lowest BCUT2D eigenvalue weighted by molar-refractivity contribution is -0.137. The van der Waals surface area contributed by atoms with Gasteiger partial charge in [0.25, 0.3) is 0 Å². The van der Waals surface area contributed by atoms with Gasteiger partial charge in [0.15, 0.2) is 0 Å². The van der Waals surface area contributed by atoms with Crippen LogP contribution in [0.25, 0.3) is 0 Å². The molecule has 0 spiro atoms. The van der Waals surface area contributed by atoms with Gasteiger partial charge in [0.2, 0.25) is 0 Å². The maximum atomic E-state index is 12.4. The van der Waals surface area contributed by atoms with Gasteiger partial charge in [0.1, 0.15) is 0 Å². The summed E-state index contributed by atoms with van der Waals surface area (Å²) in [6, 6.07) is 8.45. The summed E-state index contributed by atoms with van der Waals surface area (Å²) < 4.78 is 37.3. The summed E-state index contributed by atoms with van der Waals surface area (Å²) in [5, 5.41) is 3.83. The highest BCUT2D eigenvalue weighted by molar-refractivity contribution is 5.77. The van der Waals surface area contributed by atoms with Gasteiger partial charge in [-0.2, -0.15) is 18.3 Å². The number of alkyl halides is 3. The van der Waals surface area contributed by atoms with Crippen molar-refractivity contribution in [2.24, 2.45) is 5.10 Å². The zero-order valence-electron chi connectivity index (χ0n) is 9.20. The van der Waals surface area contributed by atoms with E-state index in [0.717, 1.165) is 17.8 Å². The second-order valence-corrected chi connectivity index (χ2v) is 3.57. The quantitative estimate of drug-likeness (QED) is 0.638. The van der Waals surface area contributed by atoms with Gasteiger partial charge in [-0.05, 0) is 30.3 Å². The number of H-pyrrole nitrogens is 1. The van der Waals surface area contributed by atoms with Gasteiger partial charge < -0.3 is 4.98 Å². The summed E-state index contributed by atoms with van der Waals surface area (Å²) in [7, 11) is 0. The van der Waals surface area contributed by atoms with Crippen molar-refractivity contribution in [2.75, 3.05) is 5.43 Å². The van der Waals surface area contributed by atoms with E-state index in [1.165, 1.54) is 18.3 Å². The van der Waals surface area contributed by atoms with Crippen molar-refractivity contribution >= 4 is 11.9 Å². The second-order valence-electron chi connectivity index (χ2n) is 3.57. The Balaban J connectivity index is 2.06. The SMILES string of the molecule is FC(F)(F)c1cccc(NN=Cc2ccc[nH]2)c1. The van der Waals surface area contributed by atoms with Crippen LogP contribution in [0.15, 0.2) is 47.7 Å². The summed E-state index contributed by atoms with van der Waals surface area (Å²) in [6.07, 6.45) is -1.13. The van der Waals surface area contributed by atoms with Gasteiger partial charge in [-0.25, -0.2) is 0 Å². The molecule has 2 N–H and O–H groups in total. The van der Waals surface area contributed by atoms with Crippen LogP contribution in [-0.2, 0) is 6.18 Å². The van der Waals surface area contributed by atoms with E-state index < -0.39 is 11.7 Å². The number of aromatic nitrogens is 1. The largest absolute Gasteiger partial charge is 0.416 e. The van der Waals surface area contributed by atoms with E-state index in [4.69, 9.17) is 0 Å². The zero-order valence-corrected chi connectivity index (χ0v) is 9.20. The van der Waals surface area contributed by atoms with Crippen LogP contribution in [0.2, 0.25) is 0 Å². The standard InChI is InChI=1S/C12H10F3N3/c13-12(14,15)9-3-1-4-10(7-9)18-17-8-11-5-2-6-16-11/h1-8,16,18H. The molecule has 0 amide bonds. The van der Waals surface area contributed by atoms with Crippen LogP contribution < -0.4 is 5.43 Å². The monoisotopic (exact) mass is 253 g/mol. The van der Waals surface area contributed by atoms with Gasteiger partial charge >= 0.3 is 6.18 Å². The molecule has 0 fully saturated rings. The topological polar surface area (TPSA) is 40.2 Å². The van der Waals surface area contributed by atoms with Crippen LogP contribution in [0.5, 0.6) is 0 Å². The summed E-state index contributed by atoms with van der Waals surface area (Å²) in [4.78, 5) is 2.89. The third-order valence-corrected chi connectivity index (χ3v) is 2.21. The van der Waals surface area contributed by atoms with Crippen molar-refractivity contribution < 1.29 is 13.2 Å². The van der Waals surface area contributed by atoms with Crippen LogP contribution in [0, 0.1) is 0 Å². The molecule has 1 heterocycles. The summed E-state index contributed by atoms with van der Waals surface area (Å²) in [5.74, 6) is 0. The fourth-order valence-electron chi connectivity index (χ4n) is 1.37. The van der Waals surface area contributed by atoms with Crippen LogP contribution >= 0.6 is 0 Å². The molecule has 18 heavy (non-hydrogen) atoms. The van der Waals surface area contributed by atoms with Crippen LogP contribution in [-0.4, -0.2) is 11.2 Å². The van der Waals surface area contributed by atoms with Crippen molar-refractivity contribution in [2.45, 2.75) is 6.18 Å². The highest BCUT2D eigenvalue weighted by Gasteiger charge is 2.30. The molecule has 0 aliphatic rings. The first kappa shape index (κ1) is 12.2. The highest BCUT2D eigenvalue weighted by Crippen LogP contribution is 2.30. The van der Waals surface area contributed by atoms with Gasteiger partial charge in [-0.15, -0.1) is 0 Å². The average Bonchev–Trinajstić information content (AvgIpc) is 2.81. The molecule has 2 rings (SSSR count). The predicted molar refractivity (Wildman–Crippen MR) is 63.5 cm³/mol. The number of rotatable bonds is 3. The Morgan fingerprint density at radius 1 is 1.17 bits per heavy atom. The lowest BCUT2D eigenvalue weighted by Crippen LogP contribution is -2.05. The Labute approximate surface area is 101 Å². The fraction of sp³-hybridized carbons (Fsp3) is 0.0833. The molecular formula is C12H10F3N3. The number of aromatic amines is 1. The molecule has 3 nitrogen and oxygen atoms in total. The molecule has 0 radical (unpaired) electrons. The van der Waals surface area contributed by atoms with Gasteiger partial charge in [0.05, 0.1) is 23.2 Å². The van der Waals surface area contributed by atoms with Crippen molar-refractivity contribution in [3.63, 3.8) is 0 Å². The van der Waals surface area contributed by atoms with Gasteiger partial charge in [-0.3, -0.25) is 5.43 Å². The minimum atomic E-state index is -4.35. The molecule has 0 bridgehead atoms. The number of anilines is 1. The van der Waals surface area contributed by atoms with Crippen LogP contribution in [0.4, 0.5) is 18.9 Å². The van der Waals surface area contributed by atoms with E-state index >= 15 is 0 Å². The lowest BCUT2D eigenvalue weighted by atomic mass is 10.2. The first-order valence-corrected chi connectivity index (χ1v) is 5.15.